The highest BCUT2D eigenvalue weighted by atomic mass is 16.5. The minimum absolute atomic E-state index is 0.0606. The number of hydrogen-bond acceptors (Lipinski definition) is 5. The molecule has 1 aliphatic carbocycles. The number of hydrogen-bond donors (Lipinski definition) is 2. The first kappa shape index (κ1) is 13.2. The first-order valence-corrected chi connectivity index (χ1v) is 5.69. The van der Waals surface area contributed by atoms with Crippen molar-refractivity contribution < 1.29 is 29.3 Å². The number of rotatable bonds is 4. The third kappa shape index (κ3) is 1.99. The zero-order valence-corrected chi connectivity index (χ0v) is 10.6. The van der Waals surface area contributed by atoms with E-state index in [-0.39, 0.29) is 22.6 Å². The van der Waals surface area contributed by atoms with Crippen LogP contribution in [0.2, 0.25) is 0 Å². The Bertz CT molecular complexity index is 544. The lowest BCUT2D eigenvalue weighted by Gasteiger charge is -2.16. The molecule has 19 heavy (non-hydrogen) atoms. The standard InChI is InChI=1S/C13H14O6/c1-18-9-6-7(11(15)19-2)5-8(10(9)14)13(3-4-13)12(16)17/h5-6,14H,3-4H2,1-2H3,(H,16,17). The van der Waals surface area contributed by atoms with Gasteiger partial charge in [0.25, 0.3) is 0 Å². The topological polar surface area (TPSA) is 93.1 Å². The molecule has 1 aromatic rings. The van der Waals surface area contributed by atoms with Crippen LogP contribution in [0.15, 0.2) is 12.1 Å². The van der Waals surface area contributed by atoms with Gasteiger partial charge in [0.15, 0.2) is 11.5 Å². The van der Waals surface area contributed by atoms with Gasteiger partial charge in [-0.25, -0.2) is 4.79 Å². The Kier molecular flexibility index (Phi) is 3.09. The van der Waals surface area contributed by atoms with Crippen LogP contribution in [0.25, 0.3) is 0 Å². The van der Waals surface area contributed by atoms with Crippen LogP contribution in [-0.4, -0.2) is 36.4 Å². The summed E-state index contributed by atoms with van der Waals surface area (Å²) in [6.07, 6.45) is 0.841. The maximum atomic E-state index is 11.6. The molecule has 102 valence electrons. The fraction of sp³-hybridized carbons (Fsp3) is 0.385. The van der Waals surface area contributed by atoms with Gasteiger partial charge in [0.05, 0.1) is 25.2 Å². The number of carboxylic acid groups (broad SMARTS) is 1. The van der Waals surface area contributed by atoms with Crippen molar-refractivity contribution in [1.29, 1.82) is 0 Å². The Morgan fingerprint density at radius 3 is 2.32 bits per heavy atom. The second kappa shape index (κ2) is 4.46. The smallest absolute Gasteiger partial charge is 0.337 e. The third-order valence-electron chi connectivity index (χ3n) is 3.39. The lowest BCUT2D eigenvalue weighted by atomic mass is 9.93. The normalized spacial score (nSPS) is 15.7. The van der Waals surface area contributed by atoms with Gasteiger partial charge in [0, 0.05) is 5.56 Å². The number of aromatic hydroxyl groups is 1. The maximum absolute atomic E-state index is 11.6. The zero-order valence-electron chi connectivity index (χ0n) is 10.6. The Morgan fingerprint density at radius 1 is 1.26 bits per heavy atom. The maximum Gasteiger partial charge on any atom is 0.337 e. The number of carbonyl (C=O) groups is 2. The van der Waals surface area contributed by atoms with E-state index < -0.39 is 17.4 Å². The summed E-state index contributed by atoms with van der Waals surface area (Å²) in [6, 6.07) is 2.67. The fourth-order valence-electron chi connectivity index (χ4n) is 2.09. The summed E-state index contributed by atoms with van der Waals surface area (Å²) in [6.45, 7) is 0. The van der Waals surface area contributed by atoms with Crippen molar-refractivity contribution in [3.05, 3.63) is 23.3 Å². The molecular weight excluding hydrogens is 252 g/mol. The summed E-state index contributed by atoms with van der Waals surface area (Å²) in [7, 11) is 2.56. The summed E-state index contributed by atoms with van der Waals surface area (Å²) >= 11 is 0. The largest absolute Gasteiger partial charge is 0.504 e. The van der Waals surface area contributed by atoms with Crippen LogP contribution in [0, 0.1) is 0 Å². The van der Waals surface area contributed by atoms with Crippen LogP contribution in [-0.2, 0) is 14.9 Å². The number of carboxylic acids is 1. The van der Waals surface area contributed by atoms with Crippen molar-refractivity contribution in [2.45, 2.75) is 18.3 Å². The number of ether oxygens (including phenoxy) is 2. The molecule has 1 aromatic carbocycles. The molecule has 6 nitrogen and oxygen atoms in total. The lowest BCUT2D eigenvalue weighted by Crippen LogP contribution is -2.20. The van der Waals surface area contributed by atoms with Gasteiger partial charge in [-0.2, -0.15) is 0 Å². The van der Waals surface area contributed by atoms with E-state index in [9.17, 15) is 19.8 Å². The molecule has 0 radical (unpaired) electrons. The third-order valence-corrected chi connectivity index (χ3v) is 3.39. The highest BCUT2D eigenvalue weighted by molar-refractivity contribution is 5.93. The summed E-state index contributed by atoms with van der Waals surface area (Å²) in [5, 5.41) is 19.3. The lowest BCUT2D eigenvalue weighted by molar-refractivity contribution is -0.140. The van der Waals surface area contributed by atoms with Crippen LogP contribution in [0.5, 0.6) is 11.5 Å². The van der Waals surface area contributed by atoms with Gasteiger partial charge in [0.2, 0.25) is 0 Å². The van der Waals surface area contributed by atoms with E-state index in [0.29, 0.717) is 12.8 Å². The minimum Gasteiger partial charge on any atom is -0.504 e. The zero-order chi connectivity index (χ0) is 14.2. The number of phenolic OH excluding ortho intramolecular Hbond substituents is 1. The van der Waals surface area contributed by atoms with Crippen molar-refractivity contribution in [3.8, 4) is 11.5 Å². The number of methoxy groups -OCH3 is 2. The first-order valence-electron chi connectivity index (χ1n) is 5.69. The fourth-order valence-corrected chi connectivity index (χ4v) is 2.09. The average molecular weight is 266 g/mol. The average Bonchev–Trinajstić information content (AvgIpc) is 3.19. The molecule has 0 unspecified atom stereocenters. The molecule has 0 amide bonds. The second-order valence-corrected chi connectivity index (χ2v) is 4.45. The van der Waals surface area contributed by atoms with E-state index in [2.05, 4.69) is 4.74 Å². The van der Waals surface area contributed by atoms with Gasteiger partial charge in [0.1, 0.15) is 0 Å². The van der Waals surface area contributed by atoms with E-state index in [4.69, 9.17) is 4.74 Å². The molecule has 1 aliphatic rings. The van der Waals surface area contributed by atoms with Crippen molar-refractivity contribution in [1.82, 2.24) is 0 Å². The van der Waals surface area contributed by atoms with Gasteiger partial charge in [-0.15, -0.1) is 0 Å². The van der Waals surface area contributed by atoms with Gasteiger partial charge in [-0.1, -0.05) is 0 Å². The molecule has 1 saturated carbocycles. The summed E-state index contributed by atoms with van der Waals surface area (Å²) in [5.41, 5.74) is -0.777. The van der Waals surface area contributed by atoms with Crippen LogP contribution >= 0.6 is 0 Å². The van der Waals surface area contributed by atoms with Crippen molar-refractivity contribution in [3.63, 3.8) is 0 Å². The Morgan fingerprint density at radius 2 is 1.89 bits per heavy atom. The number of aliphatic carboxylic acids is 1. The van der Waals surface area contributed by atoms with E-state index in [1.54, 1.807) is 0 Å². The highest BCUT2D eigenvalue weighted by Crippen LogP contribution is 2.53. The van der Waals surface area contributed by atoms with E-state index in [0.717, 1.165) is 0 Å². The van der Waals surface area contributed by atoms with Crippen LogP contribution in [0.3, 0.4) is 0 Å². The monoisotopic (exact) mass is 266 g/mol. The Labute approximate surface area is 109 Å². The van der Waals surface area contributed by atoms with Crippen molar-refractivity contribution in [2.24, 2.45) is 0 Å². The Hall–Kier alpha value is -2.24. The highest BCUT2D eigenvalue weighted by Gasteiger charge is 2.54. The minimum atomic E-state index is -1.12. The van der Waals surface area contributed by atoms with E-state index in [1.165, 1.54) is 26.4 Å². The SMILES string of the molecule is COC(=O)c1cc(OC)c(O)c(C2(C(=O)O)CC2)c1. The molecule has 0 heterocycles. The predicted octanol–water partition coefficient (Wildman–Crippen LogP) is 1.30. The molecule has 0 saturated heterocycles. The second-order valence-electron chi connectivity index (χ2n) is 4.45. The van der Waals surface area contributed by atoms with Gasteiger partial charge in [-0.05, 0) is 25.0 Å². The molecule has 2 N–H and O–H groups in total. The molecule has 0 atom stereocenters. The van der Waals surface area contributed by atoms with Crippen LogP contribution < -0.4 is 4.74 Å². The molecule has 0 spiro atoms. The van der Waals surface area contributed by atoms with Crippen molar-refractivity contribution in [2.75, 3.05) is 14.2 Å². The predicted molar refractivity (Wildman–Crippen MR) is 64.5 cm³/mol. The molecule has 0 aromatic heterocycles. The van der Waals surface area contributed by atoms with Gasteiger partial charge >= 0.3 is 11.9 Å². The van der Waals surface area contributed by atoms with E-state index in [1.807, 2.05) is 0 Å². The molecule has 0 aliphatic heterocycles. The summed E-state index contributed by atoms with van der Waals surface area (Å²) in [4.78, 5) is 22.9. The van der Waals surface area contributed by atoms with Crippen molar-refractivity contribution >= 4 is 11.9 Å². The van der Waals surface area contributed by atoms with Gasteiger partial charge < -0.3 is 19.7 Å². The number of carbonyl (C=O) groups excluding carboxylic acids is 1. The molecular formula is C13H14O6. The molecule has 1 fully saturated rings. The molecule has 0 bridgehead atoms. The number of esters is 1. The van der Waals surface area contributed by atoms with Gasteiger partial charge in [-0.3, -0.25) is 4.79 Å². The molecule has 6 heteroatoms. The Balaban J connectivity index is 2.60. The van der Waals surface area contributed by atoms with Crippen LogP contribution in [0.4, 0.5) is 0 Å². The quantitative estimate of drug-likeness (QED) is 0.798. The van der Waals surface area contributed by atoms with E-state index >= 15 is 0 Å². The summed E-state index contributed by atoms with van der Waals surface area (Å²) < 4.78 is 9.57. The number of phenols is 1. The summed E-state index contributed by atoms with van der Waals surface area (Å²) in [5.74, 6) is -1.81. The first-order chi connectivity index (χ1) is 8.96. The van der Waals surface area contributed by atoms with Crippen LogP contribution in [0.1, 0.15) is 28.8 Å². The molecule has 2 rings (SSSR count). The number of benzene rings is 1.